The predicted molar refractivity (Wildman–Crippen MR) is 67.5 cm³/mol. The first-order chi connectivity index (χ1) is 7.90. The average molecular weight is 274 g/mol. The molecule has 1 unspecified atom stereocenters. The summed E-state index contributed by atoms with van der Waals surface area (Å²) in [5.41, 5.74) is 0.537. The molecule has 1 atom stereocenters. The van der Waals surface area contributed by atoms with Crippen LogP contribution in [0.3, 0.4) is 0 Å². The molecular weight excluding hydrogens is 260 g/mol. The number of rotatable bonds is 5. The van der Waals surface area contributed by atoms with E-state index in [1.165, 1.54) is 28.0 Å². The molecule has 1 heterocycles. The van der Waals surface area contributed by atoms with Crippen molar-refractivity contribution in [3.05, 3.63) is 11.1 Å². The molecule has 0 aromatic carbocycles. The Morgan fingerprint density at radius 1 is 1.59 bits per heavy atom. The first kappa shape index (κ1) is 14.0. The quantitative estimate of drug-likeness (QED) is 0.820. The molecule has 17 heavy (non-hydrogen) atoms. The number of carboxylic acids is 1. The van der Waals surface area contributed by atoms with E-state index in [-0.39, 0.29) is 17.6 Å². The van der Waals surface area contributed by atoms with E-state index in [4.69, 9.17) is 5.11 Å². The topological polar surface area (TPSA) is 70.5 Å². The zero-order valence-corrected chi connectivity index (χ0v) is 11.5. The summed E-state index contributed by atoms with van der Waals surface area (Å²) < 4.78 is 0.726. The van der Waals surface area contributed by atoms with Crippen molar-refractivity contribution < 1.29 is 14.7 Å². The third-order valence-electron chi connectivity index (χ3n) is 1.93. The molecule has 0 radical (unpaired) electrons. The molecule has 1 aromatic heterocycles. The van der Waals surface area contributed by atoms with Gasteiger partial charge in [-0.25, -0.2) is 4.98 Å². The second-order valence-corrected chi connectivity index (χ2v) is 6.11. The molecule has 1 N–H and O–H groups in total. The molecule has 0 saturated heterocycles. The maximum atomic E-state index is 11.6. The highest BCUT2D eigenvalue weighted by molar-refractivity contribution is 8.02. The van der Waals surface area contributed by atoms with Gasteiger partial charge in [-0.05, 0) is 6.92 Å². The summed E-state index contributed by atoms with van der Waals surface area (Å²) in [6.07, 6.45) is -0.0763. The van der Waals surface area contributed by atoms with E-state index in [0.717, 1.165) is 4.34 Å². The minimum absolute atomic E-state index is 0.0185. The van der Waals surface area contributed by atoms with Crippen LogP contribution in [0, 0.1) is 0 Å². The SMILES string of the molecule is CC(Sc1nc(CC(=O)O)cs1)C(=O)N(C)C. The van der Waals surface area contributed by atoms with E-state index >= 15 is 0 Å². The number of thioether (sulfide) groups is 1. The summed E-state index contributed by atoms with van der Waals surface area (Å²) in [4.78, 5) is 27.8. The number of nitrogens with zero attached hydrogens (tertiary/aromatic N) is 2. The van der Waals surface area contributed by atoms with Crippen molar-refractivity contribution in [2.75, 3.05) is 14.1 Å². The summed E-state index contributed by atoms with van der Waals surface area (Å²) in [6.45, 7) is 1.81. The highest BCUT2D eigenvalue weighted by Gasteiger charge is 2.18. The second kappa shape index (κ2) is 6.02. The van der Waals surface area contributed by atoms with Crippen LogP contribution in [0.15, 0.2) is 9.72 Å². The van der Waals surface area contributed by atoms with E-state index in [1.807, 2.05) is 6.92 Å². The molecule has 0 aliphatic rings. The number of hydrogen-bond acceptors (Lipinski definition) is 5. The lowest BCUT2D eigenvalue weighted by molar-refractivity contribution is -0.136. The zero-order valence-electron chi connectivity index (χ0n) is 9.84. The maximum Gasteiger partial charge on any atom is 0.309 e. The summed E-state index contributed by atoms with van der Waals surface area (Å²) in [6, 6.07) is 0. The van der Waals surface area contributed by atoms with E-state index in [9.17, 15) is 9.59 Å². The normalized spacial score (nSPS) is 12.2. The fraction of sp³-hybridized carbons (Fsp3) is 0.500. The Hall–Kier alpha value is -1.08. The monoisotopic (exact) mass is 274 g/mol. The number of thiazole rings is 1. The summed E-state index contributed by atoms with van der Waals surface area (Å²) >= 11 is 2.72. The summed E-state index contributed by atoms with van der Waals surface area (Å²) in [7, 11) is 3.41. The number of amides is 1. The number of carbonyl (C=O) groups excluding carboxylic acids is 1. The fourth-order valence-electron chi connectivity index (χ4n) is 1.14. The second-order valence-electron chi connectivity index (χ2n) is 3.67. The molecule has 0 bridgehead atoms. The number of carbonyl (C=O) groups is 2. The summed E-state index contributed by atoms with van der Waals surface area (Å²) in [5.74, 6) is -0.880. The van der Waals surface area contributed by atoms with Crippen molar-refractivity contribution in [1.29, 1.82) is 0 Å². The molecule has 0 saturated carbocycles. The number of aliphatic carboxylic acids is 1. The Kier molecular flexibility index (Phi) is 4.95. The van der Waals surface area contributed by atoms with Crippen LogP contribution in [0.1, 0.15) is 12.6 Å². The molecule has 0 aliphatic heterocycles. The van der Waals surface area contributed by atoms with Gasteiger partial charge in [-0.3, -0.25) is 9.59 Å². The Morgan fingerprint density at radius 3 is 2.76 bits per heavy atom. The van der Waals surface area contributed by atoms with Crippen LogP contribution >= 0.6 is 23.1 Å². The smallest absolute Gasteiger partial charge is 0.309 e. The van der Waals surface area contributed by atoms with Gasteiger partial charge in [0.05, 0.1) is 17.4 Å². The Balaban J connectivity index is 2.60. The van der Waals surface area contributed by atoms with E-state index in [2.05, 4.69) is 4.98 Å². The maximum absolute atomic E-state index is 11.6. The van der Waals surface area contributed by atoms with Crippen LogP contribution in [0.5, 0.6) is 0 Å². The lowest BCUT2D eigenvalue weighted by Crippen LogP contribution is -2.29. The Labute approximate surface area is 108 Å². The van der Waals surface area contributed by atoms with E-state index in [1.54, 1.807) is 19.5 Å². The molecule has 0 fully saturated rings. The largest absolute Gasteiger partial charge is 0.481 e. The third-order valence-corrected chi connectivity index (χ3v) is 4.04. The Morgan fingerprint density at radius 2 is 2.24 bits per heavy atom. The van der Waals surface area contributed by atoms with Crippen molar-refractivity contribution in [2.45, 2.75) is 22.9 Å². The van der Waals surface area contributed by atoms with Crippen molar-refractivity contribution >= 4 is 35.0 Å². The van der Waals surface area contributed by atoms with Crippen molar-refractivity contribution in [1.82, 2.24) is 9.88 Å². The lowest BCUT2D eigenvalue weighted by Gasteiger charge is -2.14. The van der Waals surface area contributed by atoms with Crippen LogP contribution in [0.25, 0.3) is 0 Å². The first-order valence-corrected chi connectivity index (χ1v) is 6.70. The van der Waals surface area contributed by atoms with Crippen LogP contribution in [0.2, 0.25) is 0 Å². The van der Waals surface area contributed by atoms with E-state index < -0.39 is 5.97 Å². The molecule has 1 aromatic rings. The van der Waals surface area contributed by atoms with Gasteiger partial charge in [0.2, 0.25) is 5.91 Å². The highest BCUT2D eigenvalue weighted by atomic mass is 32.2. The van der Waals surface area contributed by atoms with Gasteiger partial charge < -0.3 is 10.0 Å². The first-order valence-electron chi connectivity index (χ1n) is 4.94. The number of carboxylic acid groups (broad SMARTS) is 1. The average Bonchev–Trinajstić information content (AvgIpc) is 2.63. The third kappa shape index (κ3) is 4.35. The molecule has 7 heteroatoms. The van der Waals surface area contributed by atoms with Gasteiger partial charge >= 0.3 is 5.97 Å². The van der Waals surface area contributed by atoms with Crippen molar-refractivity contribution in [3.63, 3.8) is 0 Å². The lowest BCUT2D eigenvalue weighted by atomic mass is 10.3. The molecule has 5 nitrogen and oxygen atoms in total. The molecule has 1 amide bonds. The van der Waals surface area contributed by atoms with Crippen LogP contribution in [-0.4, -0.2) is 46.2 Å². The highest BCUT2D eigenvalue weighted by Crippen LogP contribution is 2.27. The minimum Gasteiger partial charge on any atom is -0.481 e. The standard InChI is InChI=1S/C10H14N2O3S2/c1-6(9(15)12(2)3)17-10-11-7(5-16-10)4-8(13)14/h5-6H,4H2,1-3H3,(H,13,14). The molecule has 0 spiro atoms. The molecule has 1 rings (SSSR count). The summed E-state index contributed by atoms with van der Waals surface area (Å²) in [5, 5.41) is 10.1. The molecule has 94 valence electrons. The zero-order chi connectivity index (χ0) is 13.0. The molecular formula is C10H14N2O3S2. The minimum atomic E-state index is -0.899. The van der Waals surface area contributed by atoms with Crippen LogP contribution in [-0.2, 0) is 16.0 Å². The van der Waals surface area contributed by atoms with Gasteiger partial charge in [0.15, 0.2) is 4.34 Å². The van der Waals surface area contributed by atoms with Gasteiger partial charge in [0, 0.05) is 19.5 Å². The van der Waals surface area contributed by atoms with Gasteiger partial charge in [0.25, 0.3) is 0 Å². The number of hydrogen-bond donors (Lipinski definition) is 1. The van der Waals surface area contributed by atoms with E-state index in [0.29, 0.717) is 5.69 Å². The van der Waals surface area contributed by atoms with Crippen LogP contribution in [0.4, 0.5) is 0 Å². The Bertz CT molecular complexity index is 417. The van der Waals surface area contributed by atoms with Crippen molar-refractivity contribution in [2.24, 2.45) is 0 Å². The van der Waals surface area contributed by atoms with Gasteiger partial charge in [0.1, 0.15) is 0 Å². The van der Waals surface area contributed by atoms with Gasteiger partial charge in [-0.1, -0.05) is 11.8 Å². The van der Waals surface area contributed by atoms with Gasteiger partial charge in [-0.2, -0.15) is 0 Å². The number of aromatic nitrogens is 1. The molecule has 0 aliphatic carbocycles. The predicted octanol–water partition coefficient (Wildman–Crippen LogP) is 1.34. The van der Waals surface area contributed by atoms with Crippen molar-refractivity contribution in [3.8, 4) is 0 Å². The van der Waals surface area contributed by atoms with Crippen LogP contribution < -0.4 is 0 Å². The fourth-order valence-corrected chi connectivity index (χ4v) is 3.27. The van der Waals surface area contributed by atoms with Gasteiger partial charge in [-0.15, -0.1) is 11.3 Å².